The maximum absolute atomic E-state index is 12.3. The third-order valence-corrected chi connectivity index (χ3v) is 4.32. The average Bonchev–Trinajstić information content (AvgIpc) is 2.99. The van der Waals surface area contributed by atoms with Crippen molar-refractivity contribution in [2.24, 2.45) is 11.7 Å². The summed E-state index contributed by atoms with van der Waals surface area (Å²) in [5.74, 6) is -0.460. The second-order valence-electron chi connectivity index (χ2n) is 5.66. The quantitative estimate of drug-likeness (QED) is 0.862. The van der Waals surface area contributed by atoms with Crippen molar-refractivity contribution in [3.8, 4) is 0 Å². The van der Waals surface area contributed by atoms with E-state index in [1.807, 2.05) is 31.2 Å². The van der Waals surface area contributed by atoms with Crippen LogP contribution in [-0.2, 0) is 16.1 Å². The number of hydrogen-bond donors (Lipinski definition) is 1. The van der Waals surface area contributed by atoms with Gasteiger partial charge in [0.15, 0.2) is 0 Å². The van der Waals surface area contributed by atoms with Crippen molar-refractivity contribution in [3.63, 3.8) is 0 Å². The molecule has 2 rings (SSSR count). The number of primary amides is 1. The van der Waals surface area contributed by atoms with E-state index in [9.17, 15) is 9.59 Å². The fourth-order valence-electron chi connectivity index (χ4n) is 2.64. The fourth-order valence-corrected chi connectivity index (χ4v) is 2.76. The van der Waals surface area contributed by atoms with Gasteiger partial charge in [-0.25, -0.2) is 0 Å². The van der Waals surface area contributed by atoms with Gasteiger partial charge < -0.3 is 10.6 Å². The van der Waals surface area contributed by atoms with Crippen molar-refractivity contribution in [3.05, 3.63) is 34.9 Å². The van der Waals surface area contributed by atoms with Gasteiger partial charge in [-0.3, -0.25) is 14.5 Å². The second-order valence-corrected chi connectivity index (χ2v) is 6.09. The lowest BCUT2D eigenvalue weighted by Gasteiger charge is -2.23. The molecular weight excluding hydrogens is 302 g/mol. The van der Waals surface area contributed by atoms with Crippen LogP contribution in [0.2, 0.25) is 5.02 Å². The lowest BCUT2D eigenvalue weighted by molar-refractivity contribution is -0.131. The van der Waals surface area contributed by atoms with Crippen molar-refractivity contribution in [1.82, 2.24) is 9.80 Å². The molecular formula is C16H22ClN3O2. The van der Waals surface area contributed by atoms with Crippen molar-refractivity contribution in [1.29, 1.82) is 0 Å². The van der Waals surface area contributed by atoms with E-state index in [0.29, 0.717) is 37.6 Å². The molecule has 0 radical (unpaired) electrons. The first-order chi connectivity index (χ1) is 10.5. The van der Waals surface area contributed by atoms with E-state index in [-0.39, 0.29) is 17.7 Å². The number of likely N-dealkylation sites (N-methyl/N-ethyl adjacent to an activating group) is 1. The van der Waals surface area contributed by atoms with Gasteiger partial charge in [-0.15, -0.1) is 0 Å². The van der Waals surface area contributed by atoms with Crippen LogP contribution in [0.5, 0.6) is 0 Å². The topological polar surface area (TPSA) is 66.6 Å². The molecule has 1 atom stereocenters. The molecule has 0 bridgehead atoms. The number of nitrogens with zero attached hydrogens (tertiary/aromatic N) is 2. The molecule has 2 N–H and O–H groups in total. The van der Waals surface area contributed by atoms with Gasteiger partial charge in [-0.1, -0.05) is 30.7 Å². The van der Waals surface area contributed by atoms with E-state index >= 15 is 0 Å². The Bertz CT molecular complexity index is 533. The molecule has 1 fully saturated rings. The van der Waals surface area contributed by atoms with Crippen LogP contribution in [0, 0.1) is 5.92 Å². The minimum atomic E-state index is -0.316. The van der Waals surface area contributed by atoms with Crippen LogP contribution in [0.25, 0.3) is 0 Å². The predicted molar refractivity (Wildman–Crippen MR) is 86.3 cm³/mol. The highest BCUT2D eigenvalue weighted by atomic mass is 35.5. The molecule has 0 spiro atoms. The van der Waals surface area contributed by atoms with Gasteiger partial charge in [0.05, 0.1) is 12.5 Å². The summed E-state index contributed by atoms with van der Waals surface area (Å²) in [6, 6.07) is 7.64. The van der Waals surface area contributed by atoms with Crippen LogP contribution in [0.3, 0.4) is 0 Å². The van der Waals surface area contributed by atoms with Gasteiger partial charge in [-0.2, -0.15) is 0 Å². The highest BCUT2D eigenvalue weighted by Gasteiger charge is 2.29. The Balaban J connectivity index is 1.88. The maximum Gasteiger partial charge on any atom is 0.236 e. The SMILES string of the molecule is CCN(CC(=O)N1CCC(C(N)=O)C1)Cc1ccc(Cl)cc1. The number of likely N-dealkylation sites (tertiary alicyclic amines) is 1. The summed E-state index contributed by atoms with van der Waals surface area (Å²) >= 11 is 5.88. The Morgan fingerprint density at radius 1 is 1.36 bits per heavy atom. The Morgan fingerprint density at radius 3 is 2.59 bits per heavy atom. The van der Waals surface area contributed by atoms with Crippen molar-refractivity contribution < 1.29 is 9.59 Å². The number of rotatable bonds is 6. The molecule has 1 aromatic carbocycles. The normalized spacial score (nSPS) is 18.0. The summed E-state index contributed by atoms with van der Waals surface area (Å²) in [5.41, 5.74) is 6.42. The lowest BCUT2D eigenvalue weighted by atomic mass is 10.1. The number of carbonyl (C=O) groups excluding carboxylic acids is 2. The van der Waals surface area contributed by atoms with Gasteiger partial charge in [0, 0.05) is 24.7 Å². The molecule has 2 amide bonds. The highest BCUT2D eigenvalue weighted by molar-refractivity contribution is 6.30. The molecule has 1 saturated heterocycles. The third kappa shape index (κ3) is 4.45. The minimum Gasteiger partial charge on any atom is -0.369 e. The van der Waals surface area contributed by atoms with Crippen LogP contribution >= 0.6 is 11.6 Å². The number of halogens is 1. The van der Waals surface area contributed by atoms with E-state index in [1.54, 1.807) is 4.90 Å². The molecule has 0 aliphatic carbocycles. The van der Waals surface area contributed by atoms with Crippen LogP contribution in [0.1, 0.15) is 18.9 Å². The molecule has 1 aliphatic heterocycles. The Labute approximate surface area is 136 Å². The van der Waals surface area contributed by atoms with Gasteiger partial charge in [0.25, 0.3) is 0 Å². The Hall–Kier alpha value is -1.59. The van der Waals surface area contributed by atoms with Gasteiger partial charge in [0.2, 0.25) is 11.8 Å². The standard InChI is InChI=1S/C16H22ClN3O2/c1-2-19(9-12-3-5-14(17)6-4-12)11-15(21)20-8-7-13(10-20)16(18)22/h3-6,13H,2,7-11H2,1H3,(H2,18,22). The predicted octanol–water partition coefficient (Wildman–Crippen LogP) is 1.50. The molecule has 22 heavy (non-hydrogen) atoms. The summed E-state index contributed by atoms with van der Waals surface area (Å²) in [4.78, 5) is 27.3. The first-order valence-electron chi connectivity index (χ1n) is 7.53. The van der Waals surface area contributed by atoms with Crippen LogP contribution in [0.15, 0.2) is 24.3 Å². The molecule has 120 valence electrons. The van der Waals surface area contributed by atoms with E-state index in [0.717, 1.165) is 12.1 Å². The van der Waals surface area contributed by atoms with E-state index in [4.69, 9.17) is 17.3 Å². The van der Waals surface area contributed by atoms with Crippen LogP contribution in [-0.4, -0.2) is 47.8 Å². The Kier molecular flexibility index (Phi) is 5.80. The molecule has 1 heterocycles. The number of carbonyl (C=O) groups is 2. The van der Waals surface area contributed by atoms with E-state index in [2.05, 4.69) is 4.90 Å². The summed E-state index contributed by atoms with van der Waals surface area (Å²) in [6.45, 7) is 4.93. The molecule has 6 heteroatoms. The third-order valence-electron chi connectivity index (χ3n) is 4.07. The van der Waals surface area contributed by atoms with Gasteiger partial charge in [0.1, 0.15) is 0 Å². The van der Waals surface area contributed by atoms with Crippen LogP contribution in [0.4, 0.5) is 0 Å². The number of nitrogens with two attached hydrogens (primary N) is 1. The number of amides is 2. The lowest BCUT2D eigenvalue weighted by Crippen LogP contribution is -2.39. The summed E-state index contributed by atoms with van der Waals surface area (Å²) < 4.78 is 0. The summed E-state index contributed by atoms with van der Waals surface area (Å²) in [7, 11) is 0. The van der Waals surface area contributed by atoms with Gasteiger partial charge >= 0.3 is 0 Å². The molecule has 0 aromatic heterocycles. The number of benzene rings is 1. The zero-order valence-electron chi connectivity index (χ0n) is 12.8. The zero-order chi connectivity index (χ0) is 16.1. The monoisotopic (exact) mass is 323 g/mol. The minimum absolute atomic E-state index is 0.0552. The molecule has 1 unspecified atom stereocenters. The average molecular weight is 324 g/mol. The molecule has 5 nitrogen and oxygen atoms in total. The first-order valence-corrected chi connectivity index (χ1v) is 7.91. The number of hydrogen-bond acceptors (Lipinski definition) is 3. The second kappa shape index (κ2) is 7.61. The Morgan fingerprint density at radius 2 is 2.05 bits per heavy atom. The first kappa shape index (κ1) is 16.8. The summed E-state index contributed by atoms with van der Waals surface area (Å²) in [5, 5.41) is 0.706. The summed E-state index contributed by atoms with van der Waals surface area (Å²) in [6.07, 6.45) is 0.671. The smallest absolute Gasteiger partial charge is 0.236 e. The molecule has 1 aliphatic rings. The van der Waals surface area contributed by atoms with Crippen molar-refractivity contribution >= 4 is 23.4 Å². The molecule has 1 aromatic rings. The van der Waals surface area contributed by atoms with Crippen molar-refractivity contribution in [2.75, 3.05) is 26.2 Å². The van der Waals surface area contributed by atoms with E-state index in [1.165, 1.54) is 0 Å². The zero-order valence-corrected chi connectivity index (χ0v) is 13.6. The largest absolute Gasteiger partial charge is 0.369 e. The fraction of sp³-hybridized carbons (Fsp3) is 0.500. The molecule has 0 saturated carbocycles. The van der Waals surface area contributed by atoms with Crippen molar-refractivity contribution in [2.45, 2.75) is 19.9 Å². The van der Waals surface area contributed by atoms with Crippen LogP contribution < -0.4 is 5.73 Å². The highest BCUT2D eigenvalue weighted by Crippen LogP contribution is 2.16. The maximum atomic E-state index is 12.3. The van der Waals surface area contributed by atoms with Gasteiger partial charge in [-0.05, 0) is 30.7 Å². The van der Waals surface area contributed by atoms with E-state index < -0.39 is 0 Å².